The van der Waals surface area contributed by atoms with E-state index in [1.807, 2.05) is 23.1 Å². The van der Waals surface area contributed by atoms with E-state index in [9.17, 15) is 4.79 Å². The molecule has 1 heterocycles. The van der Waals surface area contributed by atoms with Crippen molar-refractivity contribution in [1.82, 2.24) is 10.2 Å². The molecule has 3 heteroatoms. The number of nitrogens with one attached hydrogen (secondary N) is 1. The van der Waals surface area contributed by atoms with Gasteiger partial charge in [0.1, 0.15) is 0 Å². The minimum atomic E-state index is 0.240. The predicted octanol–water partition coefficient (Wildman–Crippen LogP) is 1.75. The molecule has 1 aromatic rings. The average Bonchev–Trinajstić information content (AvgIpc) is 2.31. The molecule has 2 rings (SSSR count). The number of rotatable bonds is 2. The van der Waals surface area contributed by atoms with Crippen molar-refractivity contribution in [1.29, 1.82) is 0 Å². The highest BCUT2D eigenvalue weighted by Gasteiger charge is 2.24. The van der Waals surface area contributed by atoms with E-state index in [0.29, 0.717) is 18.5 Å². The highest BCUT2D eigenvalue weighted by molar-refractivity contribution is 5.79. The van der Waals surface area contributed by atoms with Crippen LogP contribution >= 0.6 is 0 Å². The van der Waals surface area contributed by atoms with Gasteiger partial charge < -0.3 is 10.2 Å². The van der Waals surface area contributed by atoms with Crippen LogP contribution in [0, 0.1) is 6.92 Å². The Balaban J connectivity index is 2.02. The van der Waals surface area contributed by atoms with Gasteiger partial charge in [0.2, 0.25) is 5.91 Å². The summed E-state index contributed by atoms with van der Waals surface area (Å²) in [5.74, 6) is 0.240. The minimum Gasteiger partial charge on any atom is -0.339 e. The molecule has 1 aliphatic rings. The van der Waals surface area contributed by atoms with Crippen molar-refractivity contribution < 1.29 is 4.79 Å². The van der Waals surface area contributed by atoms with Crippen molar-refractivity contribution in [3.8, 4) is 0 Å². The maximum absolute atomic E-state index is 12.3. The summed E-state index contributed by atoms with van der Waals surface area (Å²) < 4.78 is 0. The normalized spacial score (nSPS) is 24.1. The first-order valence-electron chi connectivity index (χ1n) is 6.64. The second-order valence-corrected chi connectivity index (χ2v) is 5.37. The number of hydrogen-bond acceptors (Lipinski definition) is 2. The third-order valence-electron chi connectivity index (χ3n) is 3.51. The van der Waals surface area contributed by atoms with Crippen LogP contribution in [0.25, 0.3) is 0 Å². The monoisotopic (exact) mass is 246 g/mol. The topological polar surface area (TPSA) is 32.3 Å². The molecule has 0 aromatic heterocycles. The Bertz CT molecular complexity index is 420. The van der Waals surface area contributed by atoms with Crippen LogP contribution < -0.4 is 5.32 Å². The first kappa shape index (κ1) is 13.1. The van der Waals surface area contributed by atoms with E-state index in [1.165, 1.54) is 5.56 Å². The van der Waals surface area contributed by atoms with Crippen LogP contribution in [-0.4, -0.2) is 36.0 Å². The Morgan fingerprint density at radius 2 is 1.89 bits per heavy atom. The second kappa shape index (κ2) is 5.53. The Morgan fingerprint density at radius 1 is 1.28 bits per heavy atom. The van der Waals surface area contributed by atoms with Gasteiger partial charge >= 0.3 is 0 Å². The molecule has 1 N–H and O–H groups in total. The summed E-state index contributed by atoms with van der Waals surface area (Å²) in [5.41, 5.74) is 2.34. The zero-order valence-corrected chi connectivity index (χ0v) is 11.4. The van der Waals surface area contributed by atoms with E-state index >= 15 is 0 Å². The number of amides is 1. The molecule has 0 aliphatic carbocycles. The fourth-order valence-corrected chi connectivity index (χ4v) is 2.61. The largest absolute Gasteiger partial charge is 0.339 e. The lowest BCUT2D eigenvalue weighted by Crippen LogP contribution is -2.56. The lowest BCUT2D eigenvalue weighted by atomic mass is 10.0. The van der Waals surface area contributed by atoms with Crippen LogP contribution in [0.4, 0.5) is 0 Å². The fourth-order valence-electron chi connectivity index (χ4n) is 2.61. The molecule has 1 aliphatic heterocycles. The Morgan fingerprint density at radius 3 is 2.50 bits per heavy atom. The zero-order valence-electron chi connectivity index (χ0n) is 11.4. The summed E-state index contributed by atoms with van der Waals surface area (Å²) in [6.45, 7) is 7.95. The zero-order chi connectivity index (χ0) is 13.1. The highest BCUT2D eigenvalue weighted by Crippen LogP contribution is 2.11. The SMILES string of the molecule is Cc1ccccc1CC(=O)N1C[C@H](C)N[C@@H](C)C1. The van der Waals surface area contributed by atoms with E-state index in [2.05, 4.69) is 32.2 Å². The van der Waals surface area contributed by atoms with Crippen molar-refractivity contribution in [3.63, 3.8) is 0 Å². The molecule has 1 aromatic carbocycles. The first-order chi connectivity index (χ1) is 8.56. The summed E-state index contributed by atoms with van der Waals surface area (Å²) in [5, 5.41) is 3.45. The third-order valence-corrected chi connectivity index (χ3v) is 3.51. The van der Waals surface area contributed by atoms with Crippen LogP contribution in [0.1, 0.15) is 25.0 Å². The van der Waals surface area contributed by atoms with Crippen LogP contribution in [-0.2, 0) is 11.2 Å². The summed E-state index contributed by atoms with van der Waals surface area (Å²) in [6, 6.07) is 8.88. The van der Waals surface area contributed by atoms with Crippen molar-refractivity contribution in [3.05, 3.63) is 35.4 Å². The van der Waals surface area contributed by atoms with Gasteiger partial charge in [0.05, 0.1) is 6.42 Å². The van der Waals surface area contributed by atoms with Gasteiger partial charge in [0.25, 0.3) is 0 Å². The van der Waals surface area contributed by atoms with Gasteiger partial charge in [0, 0.05) is 25.2 Å². The average molecular weight is 246 g/mol. The molecular formula is C15H22N2O. The summed E-state index contributed by atoms with van der Waals surface area (Å²) in [7, 11) is 0. The number of carbonyl (C=O) groups excluding carboxylic acids is 1. The molecule has 0 bridgehead atoms. The van der Waals surface area contributed by atoms with E-state index in [1.54, 1.807) is 0 Å². The molecule has 2 atom stereocenters. The Kier molecular flexibility index (Phi) is 4.02. The predicted molar refractivity (Wildman–Crippen MR) is 73.5 cm³/mol. The van der Waals surface area contributed by atoms with Gasteiger partial charge in [0.15, 0.2) is 0 Å². The van der Waals surface area contributed by atoms with Crippen molar-refractivity contribution in [2.45, 2.75) is 39.3 Å². The van der Waals surface area contributed by atoms with E-state index < -0.39 is 0 Å². The molecule has 1 fully saturated rings. The number of carbonyl (C=O) groups is 1. The number of benzene rings is 1. The maximum Gasteiger partial charge on any atom is 0.227 e. The van der Waals surface area contributed by atoms with E-state index in [4.69, 9.17) is 0 Å². The van der Waals surface area contributed by atoms with Gasteiger partial charge in [-0.2, -0.15) is 0 Å². The maximum atomic E-state index is 12.3. The number of hydrogen-bond donors (Lipinski definition) is 1. The molecule has 1 amide bonds. The molecule has 0 unspecified atom stereocenters. The van der Waals surface area contributed by atoms with Gasteiger partial charge in [-0.3, -0.25) is 4.79 Å². The summed E-state index contributed by atoms with van der Waals surface area (Å²) in [4.78, 5) is 14.3. The fraction of sp³-hybridized carbons (Fsp3) is 0.533. The van der Waals surface area contributed by atoms with Gasteiger partial charge in [-0.1, -0.05) is 24.3 Å². The second-order valence-electron chi connectivity index (χ2n) is 5.37. The highest BCUT2D eigenvalue weighted by atomic mass is 16.2. The molecule has 0 saturated carbocycles. The van der Waals surface area contributed by atoms with Crippen LogP contribution in [0.5, 0.6) is 0 Å². The first-order valence-corrected chi connectivity index (χ1v) is 6.64. The molecule has 98 valence electrons. The van der Waals surface area contributed by atoms with Crippen LogP contribution in [0.2, 0.25) is 0 Å². The van der Waals surface area contributed by atoms with Crippen LogP contribution in [0.15, 0.2) is 24.3 Å². The van der Waals surface area contributed by atoms with Gasteiger partial charge in [-0.15, -0.1) is 0 Å². The van der Waals surface area contributed by atoms with Gasteiger partial charge in [-0.05, 0) is 31.9 Å². The van der Waals surface area contributed by atoms with Crippen molar-refractivity contribution in [2.24, 2.45) is 0 Å². The lowest BCUT2D eigenvalue weighted by Gasteiger charge is -2.36. The van der Waals surface area contributed by atoms with Crippen LogP contribution in [0.3, 0.4) is 0 Å². The summed E-state index contributed by atoms with van der Waals surface area (Å²) >= 11 is 0. The number of nitrogens with zero attached hydrogens (tertiary/aromatic N) is 1. The number of aryl methyl sites for hydroxylation is 1. The van der Waals surface area contributed by atoms with E-state index in [-0.39, 0.29) is 5.91 Å². The van der Waals surface area contributed by atoms with E-state index in [0.717, 1.165) is 18.7 Å². The smallest absolute Gasteiger partial charge is 0.227 e. The minimum absolute atomic E-state index is 0.240. The molecule has 3 nitrogen and oxygen atoms in total. The lowest BCUT2D eigenvalue weighted by molar-refractivity contribution is -0.132. The molecule has 0 radical (unpaired) electrons. The molecule has 1 saturated heterocycles. The Hall–Kier alpha value is -1.35. The quantitative estimate of drug-likeness (QED) is 0.862. The number of piperazine rings is 1. The molecule has 18 heavy (non-hydrogen) atoms. The molecule has 0 spiro atoms. The summed E-state index contributed by atoms with van der Waals surface area (Å²) in [6.07, 6.45) is 0.520. The third kappa shape index (κ3) is 3.10. The van der Waals surface area contributed by atoms with Gasteiger partial charge in [-0.25, -0.2) is 0 Å². The molecular weight excluding hydrogens is 224 g/mol. The van der Waals surface area contributed by atoms with Crippen molar-refractivity contribution in [2.75, 3.05) is 13.1 Å². The Labute approximate surface area is 109 Å². The van der Waals surface area contributed by atoms with Crippen molar-refractivity contribution >= 4 is 5.91 Å². The standard InChI is InChI=1S/C15H22N2O/c1-11-6-4-5-7-14(11)8-15(18)17-9-12(2)16-13(3)10-17/h4-7,12-13,16H,8-10H2,1-3H3/t12-,13-/m0/s1.